The van der Waals surface area contributed by atoms with Crippen LogP contribution in [0.4, 0.5) is 18.9 Å². The Morgan fingerprint density at radius 3 is 2.44 bits per heavy atom. The molecule has 12 heteroatoms. The highest BCUT2D eigenvalue weighted by Crippen LogP contribution is 2.36. The van der Waals surface area contributed by atoms with E-state index in [9.17, 15) is 18.0 Å². The Morgan fingerprint density at radius 1 is 1.06 bits per heavy atom. The Labute approximate surface area is 209 Å². The molecule has 0 spiro atoms. The van der Waals surface area contributed by atoms with Gasteiger partial charge in [-0.2, -0.15) is 13.2 Å². The minimum Gasteiger partial charge on any atom is -0.325 e. The number of rotatable bonds is 6. The molecule has 0 saturated heterocycles. The fraction of sp³-hybridized carbons (Fsp3) is 0.0909. The summed E-state index contributed by atoms with van der Waals surface area (Å²) in [5.41, 5.74) is 0.531. The van der Waals surface area contributed by atoms with Crippen LogP contribution in [0.1, 0.15) is 5.56 Å². The van der Waals surface area contributed by atoms with Crippen molar-refractivity contribution in [3.8, 4) is 17.1 Å². The zero-order valence-electron chi connectivity index (χ0n) is 17.1. The molecular weight excluding hydrogens is 555 g/mol. The lowest BCUT2D eigenvalue weighted by Gasteiger charge is -2.12. The number of anilines is 1. The van der Waals surface area contributed by atoms with Gasteiger partial charge in [0.1, 0.15) is 0 Å². The maximum absolute atomic E-state index is 13.1. The average Bonchev–Trinajstić information content (AvgIpc) is 3.23. The molecule has 0 atom stereocenters. The summed E-state index contributed by atoms with van der Waals surface area (Å²) in [7, 11) is 0. The van der Waals surface area contributed by atoms with Gasteiger partial charge < -0.3 is 5.32 Å². The molecule has 2 aromatic heterocycles. The van der Waals surface area contributed by atoms with Crippen LogP contribution in [0.2, 0.25) is 5.02 Å². The lowest BCUT2D eigenvalue weighted by Crippen LogP contribution is -2.15. The van der Waals surface area contributed by atoms with E-state index >= 15 is 0 Å². The molecule has 34 heavy (non-hydrogen) atoms. The second-order valence-corrected chi connectivity index (χ2v) is 9.15. The maximum Gasteiger partial charge on any atom is 0.417 e. The van der Waals surface area contributed by atoms with Crippen molar-refractivity contribution in [2.24, 2.45) is 0 Å². The van der Waals surface area contributed by atoms with Crippen LogP contribution in [0, 0.1) is 0 Å². The van der Waals surface area contributed by atoms with Crippen LogP contribution < -0.4 is 5.32 Å². The largest absolute Gasteiger partial charge is 0.417 e. The van der Waals surface area contributed by atoms with E-state index in [2.05, 4.69) is 36.4 Å². The Hall–Kier alpha value is -2.89. The predicted molar refractivity (Wildman–Crippen MR) is 128 cm³/mol. The van der Waals surface area contributed by atoms with Crippen molar-refractivity contribution >= 4 is 50.9 Å². The molecule has 0 fully saturated rings. The van der Waals surface area contributed by atoms with Crippen LogP contribution in [0.5, 0.6) is 0 Å². The van der Waals surface area contributed by atoms with E-state index in [1.54, 1.807) is 29.1 Å². The highest BCUT2D eigenvalue weighted by molar-refractivity contribution is 9.10. The maximum atomic E-state index is 13.1. The van der Waals surface area contributed by atoms with Crippen LogP contribution in [-0.4, -0.2) is 31.4 Å². The number of hydrogen-bond donors (Lipinski definition) is 1. The number of nitrogens with zero attached hydrogens (tertiary/aromatic N) is 4. The SMILES string of the molecule is O=C(CSc1nnc(-c2ccncc2)n1-c1ccc(Br)cc1)Nc1ccc(Cl)c(C(F)(F)F)c1. The van der Waals surface area contributed by atoms with Gasteiger partial charge in [0.05, 0.1) is 16.3 Å². The number of amides is 1. The fourth-order valence-corrected chi connectivity index (χ4v) is 4.26. The lowest BCUT2D eigenvalue weighted by atomic mass is 10.2. The number of carbonyl (C=O) groups excluding carboxylic acids is 1. The summed E-state index contributed by atoms with van der Waals surface area (Å²) < 4.78 is 41.9. The van der Waals surface area contributed by atoms with Crippen LogP contribution in [0.15, 0.2) is 76.6 Å². The van der Waals surface area contributed by atoms with Crippen molar-refractivity contribution < 1.29 is 18.0 Å². The number of benzene rings is 2. The van der Waals surface area contributed by atoms with Crippen molar-refractivity contribution in [3.05, 3.63) is 82.0 Å². The van der Waals surface area contributed by atoms with Crippen molar-refractivity contribution in [3.63, 3.8) is 0 Å². The molecule has 6 nitrogen and oxygen atoms in total. The molecule has 0 aliphatic heterocycles. The van der Waals surface area contributed by atoms with E-state index in [0.29, 0.717) is 11.0 Å². The summed E-state index contributed by atoms with van der Waals surface area (Å²) in [6.07, 6.45) is -1.36. The molecule has 0 radical (unpaired) electrons. The summed E-state index contributed by atoms with van der Waals surface area (Å²) in [5, 5.41) is 11.0. The third kappa shape index (κ3) is 5.60. The standard InChI is InChI=1S/C22H14BrClF3N5OS/c23-14-1-4-16(5-2-14)32-20(13-7-9-28-10-8-13)30-31-21(32)34-12-19(33)29-15-3-6-18(24)17(11-15)22(25,26)27/h1-11H,12H2,(H,29,33). The Bertz CT molecular complexity index is 1320. The van der Waals surface area contributed by atoms with Gasteiger partial charge in [-0.25, -0.2) is 0 Å². The second kappa shape index (κ2) is 10.2. The number of halogens is 5. The molecule has 0 unspecified atom stereocenters. The van der Waals surface area contributed by atoms with E-state index in [1.165, 1.54) is 6.07 Å². The van der Waals surface area contributed by atoms with E-state index in [0.717, 1.165) is 39.6 Å². The number of nitrogens with one attached hydrogen (secondary N) is 1. The average molecular weight is 569 g/mol. The van der Waals surface area contributed by atoms with Gasteiger partial charge in [-0.1, -0.05) is 39.3 Å². The molecule has 174 valence electrons. The first kappa shape index (κ1) is 24.2. The number of carbonyl (C=O) groups is 1. The molecule has 0 aliphatic rings. The zero-order chi connectivity index (χ0) is 24.3. The minimum absolute atomic E-state index is 0.00539. The van der Waals surface area contributed by atoms with Crippen LogP contribution >= 0.6 is 39.3 Å². The van der Waals surface area contributed by atoms with Crippen LogP contribution in [0.3, 0.4) is 0 Å². The Morgan fingerprint density at radius 2 is 1.76 bits per heavy atom. The number of hydrogen-bond acceptors (Lipinski definition) is 5. The molecule has 2 heterocycles. The van der Waals surface area contributed by atoms with Crippen molar-refractivity contribution in [1.82, 2.24) is 19.7 Å². The lowest BCUT2D eigenvalue weighted by molar-refractivity contribution is -0.137. The first-order valence-corrected chi connectivity index (χ1v) is 11.8. The monoisotopic (exact) mass is 567 g/mol. The summed E-state index contributed by atoms with van der Waals surface area (Å²) >= 11 is 10.1. The van der Waals surface area contributed by atoms with E-state index in [4.69, 9.17) is 11.6 Å². The second-order valence-electron chi connectivity index (χ2n) is 6.88. The molecule has 0 saturated carbocycles. The molecule has 4 rings (SSSR count). The Kier molecular flexibility index (Phi) is 7.24. The summed E-state index contributed by atoms with van der Waals surface area (Å²) in [4.78, 5) is 16.5. The third-order valence-electron chi connectivity index (χ3n) is 4.54. The van der Waals surface area contributed by atoms with E-state index in [-0.39, 0.29) is 11.4 Å². The highest BCUT2D eigenvalue weighted by Gasteiger charge is 2.33. The van der Waals surface area contributed by atoms with Crippen molar-refractivity contribution in [2.75, 3.05) is 11.1 Å². The molecule has 2 aromatic carbocycles. The van der Waals surface area contributed by atoms with Crippen molar-refractivity contribution in [2.45, 2.75) is 11.3 Å². The van der Waals surface area contributed by atoms with E-state index < -0.39 is 22.7 Å². The van der Waals surface area contributed by atoms with Gasteiger partial charge in [0.2, 0.25) is 5.91 Å². The highest BCUT2D eigenvalue weighted by atomic mass is 79.9. The van der Waals surface area contributed by atoms with Crippen LogP contribution in [0.25, 0.3) is 17.1 Å². The predicted octanol–water partition coefficient (Wildman–Crippen LogP) is 6.49. The smallest absolute Gasteiger partial charge is 0.325 e. The quantitative estimate of drug-likeness (QED) is 0.269. The van der Waals surface area contributed by atoms with Crippen molar-refractivity contribution in [1.29, 1.82) is 0 Å². The number of alkyl halides is 3. The molecule has 0 aliphatic carbocycles. The first-order chi connectivity index (χ1) is 16.2. The van der Waals surface area contributed by atoms with Gasteiger partial charge in [-0.05, 0) is 54.6 Å². The summed E-state index contributed by atoms with van der Waals surface area (Å²) in [6, 6.07) is 14.3. The van der Waals surface area contributed by atoms with Gasteiger partial charge in [0, 0.05) is 33.8 Å². The van der Waals surface area contributed by atoms with Gasteiger partial charge in [0.25, 0.3) is 0 Å². The first-order valence-electron chi connectivity index (χ1n) is 9.63. The zero-order valence-corrected chi connectivity index (χ0v) is 20.2. The normalized spacial score (nSPS) is 11.4. The van der Waals surface area contributed by atoms with Crippen LogP contribution in [-0.2, 0) is 11.0 Å². The van der Waals surface area contributed by atoms with Gasteiger partial charge in [-0.3, -0.25) is 14.3 Å². The Balaban J connectivity index is 1.56. The van der Waals surface area contributed by atoms with E-state index in [1.807, 2.05) is 24.3 Å². The minimum atomic E-state index is -4.63. The van der Waals surface area contributed by atoms with Gasteiger partial charge in [-0.15, -0.1) is 10.2 Å². The number of pyridine rings is 1. The number of aromatic nitrogens is 4. The topological polar surface area (TPSA) is 72.7 Å². The molecule has 1 amide bonds. The summed E-state index contributed by atoms with van der Waals surface area (Å²) in [5.74, 6) is -0.0500. The van der Waals surface area contributed by atoms with Gasteiger partial charge >= 0.3 is 6.18 Å². The molecule has 0 bridgehead atoms. The molecule has 4 aromatic rings. The fourth-order valence-electron chi connectivity index (χ4n) is 3.02. The van der Waals surface area contributed by atoms with Gasteiger partial charge in [0.15, 0.2) is 11.0 Å². The third-order valence-corrected chi connectivity index (χ3v) is 6.33. The number of thioether (sulfide) groups is 1. The molecular formula is C22H14BrClF3N5OS. The molecule has 1 N–H and O–H groups in total. The summed E-state index contributed by atoms with van der Waals surface area (Å²) in [6.45, 7) is 0.